The predicted molar refractivity (Wildman–Crippen MR) is 71.9 cm³/mol. The third-order valence-corrected chi connectivity index (χ3v) is 3.89. The number of hydrogen-bond donors (Lipinski definition) is 1. The van der Waals surface area contributed by atoms with E-state index in [1.165, 1.54) is 0 Å². The van der Waals surface area contributed by atoms with Crippen molar-refractivity contribution in [2.75, 3.05) is 12.3 Å². The van der Waals surface area contributed by atoms with E-state index in [1.807, 2.05) is 13.0 Å². The zero-order chi connectivity index (χ0) is 14.3. The van der Waals surface area contributed by atoms with Gasteiger partial charge in [0.1, 0.15) is 5.75 Å². The van der Waals surface area contributed by atoms with Crippen molar-refractivity contribution in [2.24, 2.45) is 0 Å². The van der Waals surface area contributed by atoms with Crippen LogP contribution in [0, 0.1) is 11.3 Å². The number of nitrogens with one attached hydrogen (secondary N) is 1. The normalized spacial score (nSPS) is 10.7. The Morgan fingerprint density at radius 1 is 1.37 bits per heavy atom. The van der Waals surface area contributed by atoms with Crippen LogP contribution in [0.15, 0.2) is 24.3 Å². The van der Waals surface area contributed by atoms with Crippen LogP contribution in [-0.4, -0.2) is 26.6 Å². The number of carbonyl (C=O) groups excluding carboxylic acids is 1. The third-order valence-electron chi connectivity index (χ3n) is 2.44. The quantitative estimate of drug-likeness (QED) is 0.842. The maximum atomic E-state index is 11.9. The Labute approximate surface area is 113 Å². The Hall–Kier alpha value is -1.87. The first kappa shape index (κ1) is 15.2. The summed E-state index contributed by atoms with van der Waals surface area (Å²) in [7, 11) is -3.56. The highest BCUT2D eigenvalue weighted by atomic mass is 32.2. The van der Waals surface area contributed by atoms with Crippen molar-refractivity contribution in [3.05, 3.63) is 35.4 Å². The van der Waals surface area contributed by atoms with Gasteiger partial charge in [-0.05, 0) is 18.1 Å². The number of amides is 1. The van der Waals surface area contributed by atoms with Gasteiger partial charge in [0.2, 0.25) is 5.91 Å². The smallest absolute Gasteiger partial charge is 0.235 e. The zero-order valence-electron chi connectivity index (χ0n) is 10.7. The van der Waals surface area contributed by atoms with Crippen LogP contribution in [0.4, 0.5) is 0 Å². The van der Waals surface area contributed by atoms with Gasteiger partial charge in [-0.15, -0.1) is 0 Å². The van der Waals surface area contributed by atoms with Crippen molar-refractivity contribution in [3.8, 4) is 6.07 Å². The summed E-state index contributed by atoms with van der Waals surface area (Å²) in [6.45, 7) is 2.35. The van der Waals surface area contributed by atoms with Crippen molar-refractivity contribution in [1.29, 1.82) is 5.26 Å². The minimum absolute atomic E-state index is 0.295. The Kier molecular flexibility index (Phi) is 5.52. The number of hydrogen-bond acceptors (Lipinski definition) is 4. The van der Waals surface area contributed by atoms with Gasteiger partial charge in [0, 0.05) is 6.54 Å². The number of nitrogens with zero attached hydrogens (tertiary/aromatic N) is 1. The van der Waals surface area contributed by atoms with E-state index in [0.29, 0.717) is 17.7 Å². The topological polar surface area (TPSA) is 87.0 Å². The molecule has 0 aliphatic carbocycles. The fraction of sp³-hybridized carbons (Fsp3) is 0.385. The molecular weight excluding hydrogens is 264 g/mol. The molecule has 5 nitrogen and oxygen atoms in total. The van der Waals surface area contributed by atoms with E-state index < -0.39 is 21.5 Å². The van der Waals surface area contributed by atoms with Gasteiger partial charge < -0.3 is 5.32 Å². The van der Waals surface area contributed by atoms with Crippen LogP contribution in [0.1, 0.15) is 24.5 Å². The van der Waals surface area contributed by atoms with Crippen LogP contribution in [-0.2, 0) is 20.4 Å². The molecule has 0 saturated heterocycles. The van der Waals surface area contributed by atoms with Gasteiger partial charge in [0.05, 0.1) is 17.4 Å². The van der Waals surface area contributed by atoms with Gasteiger partial charge in [-0.25, -0.2) is 8.42 Å². The summed E-state index contributed by atoms with van der Waals surface area (Å²) in [6, 6.07) is 8.42. The Balaban J connectivity index is 2.75. The molecule has 0 aliphatic heterocycles. The lowest BCUT2D eigenvalue weighted by Gasteiger charge is -2.06. The molecule has 0 heterocycles. The number of sulfone groups is 1. The zero-order valence-corrected chi connectivity index (χ0v) is 11.5. The van der Waals surface area contributed by atoms with E-state index >= 15 is 0 Å². The summed E-state index contributed by atoms with van der Waals surface area (Å²) in [5, 5.41) is 11.4. The first-order chi connectivity index (χ1) is 8.98. The first-order valence-electron chi connectivity index (χ1n) is 5.93. The Morgan fingerprint density at radius 3 is 2.68 bits per heavy atom. The average molecular weight is 280 g/mol. The molecule has 0 atom stereocenters. The van der Waals surface area contributed by atoms with E-state index in [4.69, 9.17) is 5.26 Å². The number of carbonyl (C=O) groups is 1. The second-order valence-electron chi connectivity index (χ2n) is 4.15. The molecule has 0 spiro atoms. The molecule has 0 aromatic heterocycles. The molecular formula is C13H16N2O3S. The Morgan fingerprint density at radius 2 is 2.05 bits per heavy atom. The summed E-state index contributed by atoms with van der Waals surface area (Å²) in [5.74, 6) is -1.35. The molecule has 1 amide bonds. The second-order valence-corrected chi connectivity index (χ2v) is 6.22. The summed E-state index contributed by atoms with van der Waals surface area (Å²) >= 11 is 0. The monoisotopic (exact) mass is 280 g/mol. The molecule has 6 heteroatoms. The van der Waals surface area contributed by atoms with Gasteiger partial charge in [-0.3, -0.25) is 4.79 Å². The van der Waals surface area contributed by atoms with Crippen LogP contribution in [0.5, 0.6) is 0 Å². The van der Waals surface area contributed by atoms with Crippen molar-refractivity contribution in [3.63, 3.8) is 0 Å². The molecule has 1 aromatic carbocycles. The standard InChI is InChI=1S/C13H16N2O3S/c1-2-7-15-13(16)10-19(17,18)9-12-6-4-3-5-11(12)8-14/h3-6H,2,7,9-10H2,1H3,(H,15,16). The maximum Gasteiger partial charge on any atom is 0.235 e. The SMILES string of the molecule is CCCNC(=O)CS(=O)(=O)Cc1ccccc1C#N. The van der Waals surface area contributed by atoms with Crippen LogP contribution in [0.2, 0.25) is 0 Å². The molecule has 1 N–H and O–H groups in total. The van der Waals surface area contributed by atoms with Crippen LogP contribution >= 0.6 is 0 Å². The summed E-state index contributed by atoms with van der Waals surface area (Å²) in [4.78, 5) is 11.4. The molecule has 0 aliphatic rings. The fourth-order valence-corrected chi connectivity index (χ4v) is 2.89. The Bertz CT molecular complexity index is 588. The predicted octanol–water partition coefficient (Wildman–Crippen LogP) is 0.999. The van der Waals surface area contributed by atoms with E-state index in [1.54, 1.807) is 24.3 Å². The van der Waals surface area contributed by atoms with Gasteiger partial charge in [0.25, 0.3) is 0 Å². The molecule has 102 valence electrons. The molecule has 1 rings (SSSR count). The average Bonchev–Trinajstić information content (AvgIpc) is 2.36. The van der Waals surface area contributed by atoms with E-state index in [-0.39, 0.29) is 5.75 Å². The maximum absolute atomic E-state index is 11.9. The minimum Gasteiger partial charge on any atom is -0.355 e. The number of benzene rings is 1. The second kappa shape index (κ2) is 6.90. The summed E-state index contributed by atoms with van der Waals surface area (Å²) < 4.78 is 23.7. The van der Waals surface area contributed by atoms with Gasteiger partial charge in [-0.1, -0.05) is 25.1 Å². The summed E-state index contributed by atoms with van der Waals surface area (Å²) in [5.41, 5.74) is 0.744. The van der Waals surface area contributed by atoms with E-state index in [0.717, 1.165) is 6.42 Å². The van der Waals surface area contributed by atoms with Gasteiger partial charge >= 0.3 is 0 Å². The molecule has 0 unspecified atom stereocenters. The largest absolute Gasteiger partial charge is 0.355 e. The van der Waals surface area contributed by atoms with Crippen molar-refractivity contribution in [2.45, 2.75) is 19.1 Å². The molecule has 0 fully saturated rings. The molecule has 0 bridgehead atoms. The van der Waals surface area contributed by atoms with Gasteiger partial charge in [0.15, 0.2) is 9.84 Å². The number of nitriles is 1. The van der Waals surface area contributed by atoms with Crippen molar-refractivity contribution >= 4 is 15.7 Å². The highest BCUT2D eigenvalue weighted by Crippen LogP contribution is 2.12. The van der Waals surface area contributed by atoms with Crippen LogP contribution < -0.4 is 5.32 Å². The van der Waals surface area contributed by atoms with Crippen molar-refractivity contribution < 1.29 is 13.2 Å². The number of rotatable bonds is 6. The molecule has 0 radical (unpaired) electrons. The lowest BCUT2D eigenvalue weighted by Crippen LogP contribution is -2.31. The highest BCUT2D eigenvalue weighted by molar-refractivity contribution is 7.91. The van der Waals surface area contributed by atoms with Crippen molar-refractivity contribution in [1.82, 2.24) is 5.32 Å². The van der Waals surface area contributed by atoms with E-state index in [2.05, 4.69) is 5.32 Å². The third kappa shape index (κ3) is 5.10. The van der Waals surface area contributed by atoms with Crippen LogP contribution in [0.3, 0.4) is 0 Å². The summed E-state index contributed by atoms with van der Waals surface area (Å²) in [6.07, 6.45) is 0.753. The fourth-order valence-electron chi connectivity index (χ4n) is 1.56. The molecule has 1 aromatic rings. The van der Waals surface area contributed by atoms with E-state index in [9.17, 15) is 13.2 Å². The molecule has 19 heavy (non-hydrogen) atoms. The lowest BCUT2D eigenvalue weighted by atomic mass is 10.1. The first-order valence-corrected chi connectivity index (χ1v) is 7.75. The highest BCUT2D eigenvalue weighted by Gasteiger charge is 2.18. The lowest BCUT2D eigenvalue weighted by molar-refractivity contribution is -0.118. The molecule has 0 saturated carbocycles. The minimum atomic E-state index is -3.56. The van der Waals surface area contributed by atoms with Crippen LogP contribution in [0.25, 0.3) is 0 Å². The van der Waals surface area contributed by atoms with Gasteiger partial charge in [-0.2, -0.15) is 5.26 Å².